The molecule has 7 heteroatoms. The third-order valence-corrected chi connectivity index (χ3v) is 4.79. The lowest BCUT2D eigenvalue weighted by molar-refractivity contribution is 0.113. The average Bonchev–Trinajstić information content (AvgIpc) is 2.30. The number of aliphatic hydroxyl groups is 1. The third-order valence-electron chi connectivity index (χ3n) is 2.84. The fourth-order valence-corrected chi connectivity index (χ4v) is 3.38. The first kappa shape index (κ1) is 12.3. The summed E-state index contributed by atoms with van der Waals surface area (Å²) < 4.78 is 25.8. The molecule has 0 spiro atoms. The van der Waals surface area contributed by atoms with E-state index in [1.54, 1.807) is 6.07 Å². The highest BCUT2D eigenvalue weighted by molar-refractivity contribution is 7.89. The summed E-state index contributed by atoms with van der Waals surface area (Å²) >= 11 is 0. The van der Waals surface area contributed by atoms with Gasteiger partial charge in [-0.2, -0.15) is 4.31 Å². The standard InChI is InChI=1S/C10H15N3O3S/c11-10-9(2-1-5-12-10)17(15,16)13-6-3-8(14)4-7-13/h1-2,5,8,14H,3-4,6-7H2,(H2,11,12). The van der Waals surface area contributed by atoms with Gasteiger partial charge >= 0.3 is 0 Å². The lowest BCUT2D eigenvalue weighted by Crippen LogP contribution is -2.40. The van der Waals surface area contributed by atoms with Crippen molar-refractivity contribution in [3.63, 3.8) is 0 Å². The van der Waals surface area contributed by atoms with Crippen molar-refractivity contribution in [3.8, 4) is 0 Å². The van der Waals surface area contributed by atoms with Crippen molar-refractivity contribution in [2.45, 2.75) is 23.8 Å². The molecular formula is C10H15N3O3S. The Bertz CT molecular complexity index is 495. The van der Waals surface area contributed by atoms with Gasteiger partial charge in [-0.15, -0.1) is 0 Å². The fourth-order valence-electron chi connectivity index (χ4n) is 1.84. The summed E-state index contributed by atoms with van der Waals surface area (Å²) in [5, 5.41) is 9.36. The number of nitrogen functional groups attached to an aromatic ring is 1. The molecule has 0 unspecified atom stereocenters. The maximum Gasteiger partial charge on any atom is 0.246 e. The van der Waals surface area contributed by atoms with Gasteiger partial charge in [-0.05, 0) is 25.0 Å². The molecule has 2 rings (SSSR count). The van der Waals surface area contributed by atoms with E-state index >= 15 is 0 Å². The number of aliphatic hydroxyl groups excluding tert-OH is 1. The van der Waals surface area contributed by atoms with E-state index in [9.17, 15) is 13.5 Å². The Labute approximate surface area is 100 Å². The Kier molecular flexibility index (Phi) is 3.32. The number of nitrogens with two attached hydrogens (primary N) is 1. The van der Waals surface area contributed by atoms with Crippen LogP contribution < -0.4 is 5.73 Å². The van der Waals surface area contributed by atoms with E-state index in [0.29, 0.717) is 25.9 Å². The van der Waals surface area contributed by atoms with E-state index in [-0.39, 0.29) is 10.7 Å². The number of hydrogen-bond acceptors (Lipinski definition) is 5. The number of piperidine rings is 1. The maximum atomic E-state index is 12.2. The molecule has 1 aliphatic rings. The zero-order valence-electron chi connectivity index (χ0n) is 9.28. The zero-order chi connectivity index (χ0) is 12.5. The molecule has 1 aliphatic heterocycles. The van der Waals surface area contributed by atoms with E-state index in [1.807, 2.05) is 0 Å². The van der Waals surface area contributed by atoms with Gasteiger partial charge < -0.3 is 10.8 Å². The van der Waals surface area contributed by atoms with E-state index in [2.05, 4.69) is 4.98 Å². The van der Waals surface area contributed by atoms with Crippen LogP contribution in [0.5, 0.6) is 0 Å². The predicted octanol–water partition coefficient (Wildman–Crippen LogP) is -0.191. The highest BCUT2D eigenvalue weighted by Gasteiger charge is 2.30. The lowest BCUT2D eigenvalue weighted by Gasteiger charge is -2.28. The first-order chi connectivity index (χ1) is 8.01. The second-order valence-corrected chi connectivity index (χ2v) is 5.93. The van der Waals surface area contributed by atoms with Gasteiger partial charge in [0.2, 0.25) is 10.0 Å². The van der Waals surface area contributed by atoms with Crippen molar-refractivity contribution in [2.75, 3.05) is 18.8 Å². The van der Waals surface area contributed by atoms with E-state index in [0.717, 1.165) is 0 Å². The normalized spacial score (nSPS) is 19.4. The highest BCUT2D eigenvalue weighted by Crippen LogP contribution is 2.23. The second kappa shape index (κ2) is 4.59. The van der Waals surface area contributed by atoms with Crippen molar-refractivity contribution < 1.29 is 13.5 Å². The summed E-state index contributed by atoms with van der Waals surface area (Å²) in [4.78, 5) is 3.82. The van der Waals surface area contributed by atoms with Gasteiger partial charge in [-0.25, -0.2) is 13.4 Å². The van der Waals surface area contributed by atoms with E-state index in [1.165, 1.54) is 16.6 Å². The maximum absolute atomic E-state index is 12.2. The molecule has 2 heterocycles. The molecule has 0 atom stereocenters. The van der Waals surface area contributed by atoms with Crippen molar-refractivity contribution in [1.82, 2.24) is 9.29 Å². The summed E-state index contributed by atoms with van der Waals surface area (Å²) in [6.45, 7) is 0.635. The van der Waals surface area contributed by atoms with Crippen LogP contribution in [-0.4, -0.2) is 42.0 Å². The molecule has 0 radical (unpaired) electrons. The predicted molar refractivity (Wildman–Crippen MR) is 62.6 cm³/mol. The quantitative estimate of drug-likeness (QED) is 0.765. The molecule has 94 valence electrons. The molecular weight excluding hydrogens is 242 g/mol. The summed E-state index contributed by atoms with van der Waals surface area (Å²) in [5.74, 6) is 0.0126. The number of pyridine rings is 1. The van der Waals surface area contributed by atoms with E-state index < -0.39 is 16.1 Å². The molecule has 0 aliphatic carbocycles. The molecule has 6 nitrogen and oxygen atoms in total. The molecule has 3 N–H and O–H groups in total. The number of hydrogen-bond donors (Lipinski definition) is 2. The van der Waals surface area contributed by atoms with Gasteiger partial charge in [0.15, 0.2) is 0 Å². The summed E-state index contributed by atoms with van der Waals surface area (Å²) in [5.41, 5.74) is 5.57. The lowest BCUT2D eigenvalue weighted by atomic mass is 10.1. The van der Waals surface area contributed by atoms with Crippen molar-refractivity contribution in [1.29, 1.82) is 0 Å². The molecule has 0 saturated carbocycles. The van der Waals surface area contributed by atoms with Crippen molar-refractivity contribution in [3.05, 3.63) is 18.3 Å². The third kappa shape index (κ3) is 2.41. The fraction of sp³-hybridized carbons (Fsp3) is 0.500. The van der Waals surface area contributed by atoms with Gasteiger partial charge in [-0.3, -0.25) is 0 Å². The minimum atomic E-state index is -3.58. The molecule has 1 aromatic rings. The Morgan fingerprint density at radius 3 is 2.65 bits per heavy atom. The van der Waals surface area contributed by atoms with Crippen LogP contribution >= 0.6 is 0 Å². The SMILES string of the molecule is Nc1ncccc1S(=O)(=O)N1CCC(O)CC1. The monoisotopic (exact) mass is 257 g/mol. The topological polar surface area (TPSA) is 96.5 Å². The number of aromatic nitrogens is 1. The second-order valence-electron chi connectivity index (χ2n) is 4.02. The molecule has 0 aromatic carbocycles. The van der Waals surface area contributed by atoms with Crippen LogP contribution in [0.3, 0.4) is 0 Å². The summed E-state index contributed by atoms with van der Waals surface area (Å²) in [6.07, 6.45) is 1.96. The smallest absolute Gasteiger partial charge is 0.246 e. The molecule has 1 fully saturated rings. The van der Waals surface area contributed by atoms with Crippen molar-refractivity contribution in [2.24, 2.45) is 0 Å². The number of sulfonamides is 1. The number of anilines is 1. The van der Waals surface area contributed by atoms with Crippen molar-refractivity contribution >= 4 is 15.8 Å². The van der Waals surface area contributed by atoms with Crippen LogP contribution in [-0.2, 0) is 10.0 Å². The summed E-state index contributed by atoms with van der Waals surface area (Å²) in [6, 6.07) is 2.99. The van der Waals surface area contributed by atoms with Crippen LogP contribution in [0, 0.1) is 0 Å². The van der Waals surface area contributed by atoms with Crippen LogP contribution in [0.1, 0.15) is 12.8 Å². The van der Waals surface area contributed by atoms with Crippen LogP contribution in [0.25, 0.3) is 0 Å². The Morgan fingerprint density at radius 1 is 1.41 bits per heavy atom. The molecule has 0 amide bonds. The molecule has 17 heavy (non-hydrogen) atoms. The van der Waals surface area contributed by atoms with Gasteiger partial charge in [0.1, 0.15) is 10.7 Å². The average molecular weight is 257 g/mol. The first-order valence-corrected chi connectivity index (χ1v) is 6.84. The zero-order valence-corrected chi connectivity index (χ0v) is 10.1. The van der Waals surface area contributed by atoms with Gasteiger partial charge in [0.25, 0.3) is 0 Å². The first-order valence-electron chi connectivity index (χ1n) is 5.40. The Morgan fingerprint density at radius 2 is 2.06 bits per heavy atom. The van der Waals surface area contributed by atoms with Gasteiger partial charge in [-0.1, -0.05) is 0 Å². The van der Waals surface area contributed by atoms with Crippen LogP contribution in [0.15, 0.2) is 23.2 Å². The minimum absolute atomic E-state index is 0.0126. The van der Waals surface area contributed by atoms with Crippen LogP contribution in [0.2, 0.25) is 0 Å². The summed E-state index contributed by atoms with van der Waals surface area (Å²) in [7, 11) is -3.58. The molecule has 1 aromatic heterocycles. The highest BCUT2D eigenvalue weighted by atomic mass is 32.2. The minimum Gasteiger partial charge on any atom is -0.393 e. The molecule has 1 saturated heterocycles. The van der Waals surface area contributed by atoms with E-state index in [4.69, 9.17) is 5.73 Å². The largest absolute Gasteiger partial charge is 0.393 e. The molecule has 0 bridgehead atoms. The number of nitrogens with zero attached hydrogens (tertiary/aromatic N) is 2. The Hall–Kier alpha value is -1.18. The number of rotatable bonds is 2. The Balaban J connectivity index is 2.28. The van der Waals surface area contributed by atoms with Crippen LogP contribution in [0.4, 0.5) is 5.82 Å². The van der Waals surface area contributed by atoms with Gasteiger partial charge in [0.05, 0.1) is 6.10 Å². The van der Waals surface area contributed by atoms with Gasteiger partial charge in [0, 0.05) is 19.3 Å².